The molecule has 106 valence electrons. The average Bonchev–Trinajstić information content (AvgIpc) is 2.32. The van der Waals surface area contributed by atoms with E-state index in [9.17, 15) is 4.79 Å². The van der Waals surface area contributed by atoms with Gasteiger partial charge in [-0.25, -0.2) is 0 Å². The highest BCUT2D eigenvalue weighted by Crippen LogP contribution is 2.24. The van der Waals surface area contributed by atoms with Gasteiger partial charge in [0.2, 0.25) is 5.91 Å². The van der Waals surface area contributed by atoms with Crippen LogP contribution in [0.1, 0.15) is 32.8 Å². The van der Waals surface area contributed by atoms with Gasteiger partial charge in [0.15, 0.2) is 0 Å². The summed E-state index contributed by atoms with van der Waals surface area (Å²) in [5.41, 5.74) is 6.89. The number of benzene rings is 1. The molecule has 0 saturated heterocycles. The van der Waals surface area contributed by atoms with Crippen LogP contribution in [0.2, 0.25) is 0 Å². The predicted molar refractivity (Wildman–Crippen MR) is 82.6 cm³/mol. The van der Waals surface area contributed by atoms with E-state index < -0.39 is 0 Å². The highest BCUT2D eigenvalue weighted by Gasteiger charge is 2.23. The molecular formula is C15H23BrN2O. The Hall–Kier alpha value is -0.870. The number of carbonyl (C=O) groups excluding carboxylic acids is 1. The fraction of sp³-hybridized carbons (Fsp3) is 0.533. The van der Waals surface area contributed by atoms with E-state index in [1.807, 2.05) is 24.3 Å². The minimum Gasteiger partial charge on any atom is -0.352 e. The van der Waals surface area contributed by atoms with Crippen LogP contribution in [0.3, 0.4) is 0 Å². The molecule has 0 bridgehead atoms. The maximum absolute atomic E-state index is 12.1. The van der Waals surface area contributed by atoms with E-state index in [1.165, 1.54) is 0 Å². The molecule has 0 aliphatic heterocycles. The van der Waals surface area contributed by atoms with E-state index in [-0.39, 0.29) is 17.2 Å². The summed E-state index contributed by atoms with van der Waals surface area (Å²) < 4.78 is 1.02. The van der Waals surface area contributed by atoms with Gasteiger partial charge in [0, 0.05) is 17.6 Å². The van der Waals surface area contributed by atoms with Gasteiger partial charge in [0.05, 0.1) is 5.92 Å². The fourth-order valence-corrected chi connectivity index (χ4v) is 2.45. The van der Waals surface area contributed by atoms with Crippen molar-refractivity contribution in [2.24, 2.45) is 17.1 Å². The van der Waals surface area contributed by atoms with Gasteiger partial charge in [-0.05, 0) is 29.5 Å². The summed E-state index contributed by atoms with van der Waals surface area (Å²) in [5, 5.41) is 2.96. The molecule has 1 aromatic rings. The van der Waals surface area contributed by atoms with Crippen LogP contribution in [0.4, 0.5) is 0 Å². The molecule has 0 fully saturated rings. The zero-order valence-electron chi connectivity index (χ0n) is 11.9. The zero-order chi connectivity index (χ0) is 14.5. The molecule has 0 heterocycles. The van der Waals surface area contributed by atoms with Gasteiger partial charge in [-0.3, -0.25) is 4.79 Å². The maximum atomic E-state index is 12.1. The number of halogens is 1. The van der Waals surface area contributed by atoms with E-state index in [2.05, 4.69) is 42.0 Å². The number of nitrogens with two attached hydrogens (primary N) is 1. The smallest absolute Gasteiger partial charge is 0.224 e. The summed E-state index contributed by atoms with van der Waals surface area (Å²) in [6.07, 6.45) is 0.799. The van der Waals surface area contributed by atoms with Crippen molar-refractivity contribution in [1.29, 1.82) is 0 Å². The first kappa shape index (κ1) is 16.2. The van der Waals surface area contributed by atoms with E-state index >= 15 is 0 Å². The molecule has 0 saturated carbocycles. The van der Waals surface area contributed by atoms with Gasteiger partial charge in [0.25, 0.3) is 0 Å². The summed E-state index contributed by atoms with van der Waals surface area (Å²) in [6, 6.07) is 7.92. The molecule has 0 aliphatic carbocycles. The Morgan fingerprint density at radius 3 is 2.63 bits per heavy atom. The summed E-state index contributed by atoms with van der Waals surface area (Å²) in [4.78, 5) is 12.1. The lowest BCUT2D eigenvalue weighted by Crippen LogP contribution is -2.36. The van der Waals surface area contributed by atoms with Crippen LogP contribution >= 0.6 is 15.9 Å². The lowest BCUT2D eigenvalue weighted by atomic mass is 9.84. The second-order valence-electron chi connectivity index (χ2n) is 6.05. The van der Waals surface area contributed by atoms with Crippen molar-refractivity contribution in [3.8, 4) is 0 Å². The number of carbonyl (C=O) groups is 1. The number of rotatable bonds is 5. The largest absolute Gasteiger partial charge is 0.352 e. The summed E-state index contributed by atoms with van der Waals surface area (Å²) in [6.45, 7) is 7.30. The molecule has 1 atom stereocenters. The molecule has 1 unspecified atom stereocenters. The number of hydrogen-bond donors (Lipinski definition) is 2. The van der Waals surface area contributed by atoms with Gasteiger partial charge in [-0.15, -0.1) is 0 Å². The van der Waals surface area contributed by atoms with Crippen molar-refractivity contribution < 1.29 is 4.79 Å². The standard InChI is InChI=1S/C15H23BrN2O/c1-15(2,3)8-12(9-17)14(19)18-10-11-5-4-6-13(16)7-11/h4-7,12H,8-10,17H2,1-3H3,(H,18,19). The van der Waals surface area contributed by atoms with Gasteiger partial charge >= 0.3 is 0 Å². The summed E-state index contributed by atoms with van der Waals surface area (Å²) in [7, 11) is 0. The second kappa shape index (κ2) is 7.06. The first-order chi connectivity index (χ1) is 8.81. The van der Waals surface area contributed by atoms with E-state index in [0.29, 0.717) is 13.1 Å². The van der Waals surface area contributed by atoms with Crippen molar-refractivity contribution >= 4 is 21.8 Å². The van der Waals surface area contributed by atoms with E-state index in [0.717, 1.165) is 16.5 Å². The normalized spacial score (nSPS) is 13.1. The number of hydrogen-bond acceptors (Lipinski definition) is 2. The highest BCUT2D eigenvalue weighted by molar-refractivity contribution is 9.10. The van der Waals surface area contributed by atoms with E-state index in [4.69, 9.17) is 5.73 Å². The third-order valence-electron chi connectivity index (χ3n) is 2.87. The van der Waals surface area contributed by atoms with Crippen molar-refractivity contribution in [1.82, 2.24) is 5.32 Å². The topological polar surface area (TPSA) is 55.1 Å². The van der Waals surface area contributed by atoms with Crippen LogP contribution in [0.5, 0.6) is 0 Å². The monoisotopic (exact) mass is 326 g/mol. The van der Waals surface area contributed by atoms with E-state index in [1.54, 1.807) is 0 Å². The van der Waals surface area contributed by atoms with Crippen LogP contribution in [-0.4, -0.2) is 12.5 Å². The average molecular weight is 327 g/mol. The van der Waals surface area contributed by atoms with Crippen LogP contribution in [-0.2, 0) is 11.3 Å². The molecule has 4 heteroatoms. The zero-order valence-corrected chi connectivity index (χ0v) is 13.5. The number of nitrogens with one attached hydrogen (secondary N) is 1. The first-order valence-corrected chi connectivity index (χ1v) is 7.33. The van der Waals surface area contributed by atoms with Crippen LogP contribution in [0, 0.1) is 11.3 Å². The molecule has 0 spiro atoms. The molecule has 3 N–H and O–H groups in total. The number of amides is 1. The van der Waals surface area contributed by atoms with Gasteiger partial charge < -0.3 is 11.1 Å². The van der Waals surface area contributed by atoms with Crippen molar-refractivity contribution in [3.05, 3.63) is 34.3 Å². The van der Waals surface area contributed by atoms with Crippen molar-refractivity contribution in [3.63, 3.8) is 0 Å². The minimum absolute atomic E-state index is 0.0393. The molecule has 0 aliphatic rings. The van der Waals surface area contributed by atoms with Crippen LogP contribution < -0.4 is 11.1 Å². The Bertz CT molecular complexity index is 426. The molecule has 0 radical (unpaired) electrons. The molecule has 1 amide bonds. The first-order valence-electron chi connectivity index (χ1n) is 6.54. The molecule has 0 aromatic heterocycles. The Morgan fingerprint density at radius 2 is 2.11 bits per heavy atom. The Balaban J connectivity index is 2.54. The maximum Gasteiger partial charge on any atom is 0.224 e. The molecule has 1 rings (SSSR count). The quantitative estimate of drug-likeness (QED) is 0.873. The molecule has 1 aromatic carbocycles. The lowest BCUT2D eigenvalue weighted by Gasteiger charge is -2.24. The predicted octanol–water partition coefficient (Wildman–Crippen LogP) is 3.08. The summed E-state index contributed by atoms with van der Waals surface area (Å²) >= 11 is 3.42. The third-order valence-corrected chi connectivity index (χ3v) is 3.36. The highest BCUT2D eigenvalue weighted by atomic mass is 79.9. The van der Waals surface area contributed by atoms with Crippen LogP contribution in [0.25, 0.3) is 0 Å². The van der Waals surface area contributed by atoms with Gasteiger partial charge in [-0.1, -0.05) is 48.8 Å². The van der Waals surface area contributed by atoms with Crippen LogP contribution in [0.15, 0.2) is 28.7 Å². The minimum atomic E-state index is -0.118. The second-order valence-corrected chi connectivity index (χ2v) is 6.96. The Morgan fingerprint density at radius 1 is 1.42 bits per heavy atom. The molecular weight excluding hydrogens is 304 g/mol. The van der Waals surface area contributed by atoms with Crippen molar-refractivity contribution in [2.75, 3.05) is 6.54 Å². The SMILES string of the molecule is CC(C)(C)CC(CN)C(=O)NCc1cccc(Br)c1. The third kappa shape index (κ3) is 6.21. The summed E-state index contributed by atoms with van der Waals surface area (Å²) in [5.74, 6) is -0.0791. The van der Waals surface area contributed by atoms with Gasteiger partial charge in [0.1, 0.15) is 0 Å². The Labute approximate surface area is 124 Å². The van der Waals surface area contributed by atoms with Crippen molar-refractivity contribution in [2.45, 2.75) is 33.7 Å². The van der Waals surface area contributed by atoms with Gasteiger partial charge in [-0.2, -0.15) is 0 Å². The lowest BCUT2D eigenvalue weighted by molar-refractivity contribution is -0.125. The fourth-order valence-electron chi connectivity index (χ4n) is 2.00. The Kier molecular flexibility index (Phi) is 6.01. The molecule has 19 heavy (non-hydrogen) atoms. The molecule has 3 nitrogen and oxygen atoms in total.